The Kier molecular flexibility index (Phi) is 7.20. The summed E-state index contributed by atoms with van der Waals surface area (Å²) in [5.41, 5.74) is 0.946. The fourth-order valence-electron chi connectivity index (χ4n) is 3.11. The first-order valence-electron chi connectivity index (χ1n) is 9.33. The Morgan fingerprint density at radius 2 is 1.14 bits per heavy atom. The smallest absolute Gasteiger partial charge is 0.322 e. The second-order valence-electron chi connectivity index (χ2n) is 8.86. The van der Waals surface area contributed by atoms with Crippen LogP contribution in [-0.4, -0.2) is 30.4 Å². The summed E-state index contributed by atoms with van der Waals surface area (Å²) in [4.78, 5) is 22.5. The Morgan fingerprint density at radius 1 is 0.759 bits per heavy atom. The Labute approximate surface area is 175 Å². The van der Waals surface area contributed by atoms with E-state index in [1.54, 1.807) is 68.2 Å². The van der Waals surface area contributed by atoms with Crippen molar-refractivity contribution in [2.24, 2.45) is 0 Å². The second kappa shape index (κ2) is 8.61. The van der Waals surface area contributed by atoms with Crippen LogP contribution >= 0.6 is 15.3 Å². The van der Waals surface area contributed by atoms with E-state index in [2.05, 4.69) is 4.75 Å². The molecule has 0 bridgehead atoms. The van der Waals surface area contributed by atoms with Crippen molar-refractivity contribution in [1.82, 2.24) is 8.86 Å². The fourth-order valence-corrected chi connectivity index (χ4v) is 17.0. The zero-order valence-electron chi connectivity index (χ0n) is 17.8. The van der Waals surface area contributed by atoms with Crippen molar-refractivity contribution in [1.29, 1.82) is 0 Å². The third-order valence-corrected chi connectivity index (χ3v) is 17.5. The maximum absolute atomic E-state index is 14.1. The first-order valence-corrected chi connectivity index (χ1v) is 19.5. The summed E-state index contributed by atoms with van der Waals surface area (Å²) in [6.07, 6.45) is 0. The average molecular weight is 472 g/mol. The molecule has 0 aliphatic rings. The molecular weight excluding hydrogens is 440 g/mol. The number of benzene rings is 2. The van der Waals surface area contributed by atoms with E-state index in [1.165, 1.54) is 4.67 Å². The SMILES string of the molecule is C[Si](C)(C)NP(=O)(O)N([Si](C)(C)C)P(=O)(O)N(c1ccccc1)c1ccccc1. The molecule has 0 fully saturated rings. The number of hydrogen-bond donors (Lipinski definition) is 3. The molecule has 0 aliphatic carbocycles. The average Bonchev–Trinajstić information content (AvgIpc) is 2.52. The van der Waals surface area contributed by atoms with E-state index in [0.29, 0.717) is 11.4 Å². The van der Waals surface area contributed by atoms with Crippen LogP contribution in [0.5, 0.6) is 0 Å². The lowest BCUT2D eigenvalue weighted by Crippen LogP contribution is -2.50. The highest BCUT2D eigenvalue weighted by Crippen LogP contribution is 2.67. The van der Waals surface area contributed by atoms with Crippen molar-refractivity contribution < 1.29 is 18.9 Å². The molecule has 2 atom stereocenters. The summed E-state index contributed by atoms with van der Waals surface area (Å²) in [5, 5.41) is 0. The lowest BCUT2D eigenvalue weighted by Gasteiger charge is -2.44. The monoisotopic (exact) mass is 471 g/mol. The topological polar surface area (TPSA) is 93.1 Å². The van der Waals surface area contributed by atoms with E-state index in [-0.39, 0.29) is 0 Å². The van der Waals surface area contributed by atoms with Crippen molar-refractivity contribution in [3.63, 3.8) is 0 Å². The second-order valence-corrected chi connectivity index (χ2v) is 23.4. The van der Waals surface area contributed by atoms with Crippen LogP contribution in [-0.2, 0) is 9.13 Å². The number of nitrogens with one attached hydrogen (secondary N) is 1. The fraction of sp³-hybridized carbons (Fsp3) is 0.333. The van der Waals surface area contributed by atoms with Gasteiger partial charge in [0.1, 0.15) is 16.5 Å². The van der Waals surface area contributed by atoms with Gasteiger partial charge in [-0.2, -0.15) is 4.11 Å². The standard InChI is InChI=1S/C18H31N3O4P2Si2/c1-28(2,3)19-26(22,23)21(29(4,5)6)27(24,25)20(17-13-9-7-10-14-17)18-15-11-8-12-16-18/h7-16H,1-6H3,(H,24,25)(H2,19,22,23). The Balaban J connectivity index is 2.72. The van der Waals surface area contributed by atoms with Gasteiger partial charge in [-0.1, -0.05) is 75.7 Å². The Bertz CT molecular complexity index is 879. The minimum atomic E-state index is -4.51. The van der Waals surface area contributed by atoms with Crippen LogP contribution in [0.3, 0.4) is 0 Å². The number of nitrogens with zero attached hydrogens (tertiary/aromatic N) is 2. The summed E-state index contributed by atoms with van der Waals surface area (Å²) >= 11 is 0. The molecule has 0 amide bonds. The Hall–Kier alpha value is -1.03. The number of rotatable bonds is 8. The molecule has 0 heterocycles. The first kappa shape index (κ1) is 24.2. The molecule has 0 saturated heterocycles. The molecule has 2 aromatic rings. The van der Waals surface area contributed by atoms with E-state index < -0.39 is 31.8 Å². The Morgan fingerprint density at radius 3 is 1.45 bits per heavy atom. The lowest BCUT2D eigenvalue weighted by molar-refractivity contribution is 0.412. The summed E-state index contributed by atoms with van der Waals surface area (Å²) in [7, 11) is -13.8. The summed E-state index contributed by atoms with van der Waals surface area (Å²) in [6, 6.07) is 17.6. The first-order chi connectivity index (χ1) is 13.2. The van der Waals surface area contributed by atoms with Gasteiger partial charge in [0.15, 0.2) is 0 Å². The van der Waals surface area contributed by atoms with Crippen LogP contribution in [0.4, 0.5) is 11.4 Å². The van der Waals surface area contributed by atoms with Crippen molar-refractivity contribution in [2.75, 3.05) is 4.67 Å². The normalized spacial score (nSPS) is 16.9. The summed E-state index contributed by atoms with van der Waals surface area (Å²) < 4.78 is 32.6. The van der Waals surface area contributed by atoms with Crippen molar-refractivity contribution >= 4 is 43.2 Å². The summed E-state index contributed by atoms with van der Waals surface area (Å²) in [6.45, 7) is 11.0. The van der Waals surface area contributed by atoms with E-state index >= 15 is 0 Å². The molecule has 2 rings (SSSR count). The largest absolute Gasteiger partial charge is 0.375 e. The van der Waals surface area contributed by atoms with Crippen LogP contribution in [0.1, 0.15) is 0 Å². The number of anilines is 2. The van der Waals surface area contributed by atoms with Crippen LogP contribution < -0.4 is 9.42 Å². The van der Waals surface area contributed by atoms with Gasteiger partial charge in [-0.3, -0.25) is 14.0 Å². The molecule has 0 aromatic heterocycles. The maximum atomic E-state index is 14.1. The van der Waals surface area contributed by atoms with Gasteiger partial charge in [0.05, 0.1) is 11.4 Å². The zero-order chi connectivity index (χ0) is 22.1. The van der Waals surface area contributed by atoms with Crippen molar-refractivity contribution in [2.45, 2.75) is 39.3 Å². The van der Waals surface area contributed by atoms with Crippen LogP contribution in [0.2, 0.25) is 39.3 Å². The molecule has 160 valence electrons. The highest BCUT2D eigenvalue weighted by molar-refractivity contribution is 7.75. The van der Waals surface area contributed by atoms with E-state index in [9.17, 15) is 18.9 Å². The van der Waals surface area contributed by atoms with E-state index in [0.717, 1.165) is 4.11 Å². The molecule has 0 radical (unpaired) electrons. The minimum Gasteiger partial charge on any atom is -0.322 e. The molecule has 2 unspecified atom stereocenters. The van der Waals surface area contributed by atoms with Gasteiger partial charge in [0.25, 0.3) is 0 Å². The van der Waals surface area contributed by atoms with Gasteiger partial charge in [-0.05, 0) is 24.3 Å². The van der Waals surface area contributed by atoms with Crippen LogP contribution in [0, 0.1) is 0 Å². The molecule has 3 N–H and O–H groups in total. The molecule has 7 nitrogen and oxygen atoms in total. The molecule has 2 aromatic carbocycles. The predicted molar refractivity (Wildman–Crippen MR) is 126 cm³/mol. The maximum Gasteiger partial charge on any atom is 0.375 e. The van der Waals surface area contributed by atoms with Gasteiger partial charge in [-0.15, -0.1) is 0 Å². The molecular formula is C18H31N3O4P2Si2. The summed E-state index contributed by atoms with van der Waals surface area (Å²) in [5.74, 6) is 0. The number of para-hydroxylation sites is 2. The van der Waals surface area contributed by atoms with Gasteiger partial charge >= 0.3 is 15.3 Å². The molecule has 29 heavy (non-hydrogen) atoms. The molecule has 11 heteroatoms. The highest BCUT2D eigenvalue weighted by Gasteiger charge is 2.53. The number of hydrogen-bond acceptors (Lipinski definition) is 2. The van der Waals surface area contributed by atoms with Gasteiger partial charge < -0.3 is 9.79 Å². The molecule has 0 saturated carbocycles. The minimum absolute atomic E-state index is 0.473. The van der Waals surface area contributed by atoms with Gasteiger partial charge in [0, 0.05) is 0 Å². The van der Waals surface area contributed by atoms with Crippen LogP contribution in [0.15, 0.2) is 60.7 Å². The lowest BCUT2D eigenvalue weighted by atomic mass is 10.3. The van der Waals surface area contributed by atoms with Crippen molar-refractivity contribution in [3.8, 4) is 0 Å². The third kappa shape index (κ3) is 5.99. The van der Waals surface area contributed by atoms with Crippen LogP contribution in [0.25, 0.3) is 0 Å². The van der Waals surface area contributed by atoms with Gasteiger partial charge in [-0.25, -0.2) is 4.57 Å². The van der Waals surface area contributed by atoms with E-state index in [4.69, 9.17) is 0 Å². The third-order valence-electron chi connectivity index (χ3n) is 3.85. The molecule has 0 spiro atoms. The molecule has 0 aliphatic heterocycles. The zero-order valence-corrected chi connectivity index (χ0v) is 21.6. The quantitative estimate of drug-likeness (QED) is 0.341. The van der Waals surface area contributed by atoms with Gasteiger partial charge in [0.2, 0.25) is 0 Å². The van der Waals surface area contributed by atoms with E-state index in [1.807, 2.05) is 31.8 Å². The van der Waals surface area contributed by atoms with Crippen molar-refractivity contribution in [3.05, 3.63) is 60.7 Å². The predicted octanol–water partition coefficient (Wildman–Crippen LogP) is 5.59. The highest BCUT2D eigenvalue weighted by atomic mass is 31.3.